The van der Waals surface area contributed by atoms with Crippen molar-refractivity contribution in [1.82, 2.24) is 29.1 Å². The van der Waals surface area contributed by atoms with Gasteiger partial charge in [0.15, 0.2) is 23.6 Å². The van der Waals surface area contributed by atoms with E-state index in [1.165, 1.54) is 26.0 Å². The van der Waals surface area contributed by atoms with Gasteiger partial charge in [0, 0.05) is 37.2 Å². The lowest BCUT2D eigenvalue weighted by Gasteiger charge is -2.28. The van der Waals surface area contributed by atoms with E-state index in [4.69, 9.17) is 43.2 Å². The van der Waals surface area contributed by atoms with Crippen LogP contribution in [0.1, 0.15) is 45.6 Å². The number of aromatic nitrogens is 6. The third kappa shape index (κ3) is 9.37. The summed E-state index contributed by atoms with van der Waals surface area (Å²) in [5.41, 5.74) is 5.13. The molecule has 5 N–H and O–H groups in total. The van der Waals surface area contributed by atoms with Crippen LogP contribution in [0.2, 0.25) is 0 Å². The van der Waals surface area contributed by atoms with E-state index in [9.17, 15) is 29.2 Å². The first-order valence-electron chi connectivity index (χ1n) is 16.4. The molecule has 2 saturated heterocycles. The Bertz CT molecular complexity index is 1810. The quantitative estimate of drug-likeness (QED) is 0.0609. The van der Waals surface area contributed by atoms with Crippen LogP contribution in [0.15, 0.2) is 34.5 Å². The summed E-state index contributed by atoms with van der Waals surface area (Å²) in [6.07, 6.45) is -4.26. The SMILES string of the molecule is CCC(CC)OC(=O)OCS[P@](=O)(OC[C@H]1O[C@@H](n2cnc3c(N)ncnc32)C[C@@H]1O)O[C@H]1[C@@H](OCCOC)[C@H](n2ccc(=O)[nH]c2=O)O[C@@H]1CO. The minimum atomic E-state index is -4.45. The Labute approximate surface area is 300 Å². The largest absolute Gasteiger partial charge is 0.509 e. The summed E-state index contributed by atoms with van der Waals surface area (Å²) in [6.45, 7) is -1.84. The molecule has 5 rings (SSSR count). The third-order valence-electron chi connectivity index (χ3n) is 8.30. The molecular formula is C29H42N7O14PS. The number of nitrogen functional groups attached to an aromatic ring is 1. The van der Waals surface area contributed by atoms with Crippen molar-refractivity contribution in [2.75, 3.05) is 45.2 Å². The van der Waals surface area contributed by atoms with E-state index in [2.05, 4.69) is 19.9 Å². The Morgan fingerprint density at radius 2 is 1.94 bits per heavy atom. The number of fused-ring (bicyclic) bond motifs is 1. The van der Waals surface area contributed by atoms with Crippen LogP contribution in [0.4, 0.5) is 10.6 Å². The van der Waals surface area contributed by atoms with Crippen LogP contribution in [-0.2, 0) is 42.0 Å². The zero-order valence-corrected chi connectivity index (χ0v) is 30.3. The Morgan fingerprint density at radius 3 is 2.65 bits per heavy atom. The molecule has 23 heteroatoms. The first kappa shape index (κ1) is 39.8. The monoisotopic (exact) mass is 775 g/mol. The van der Waals surface area contributed by atoms with Crippen LogP contribution in [0, 0.1) is 0 Å². The maximum Gasteiger partial charge on any atom is 0.509 e. The Hall–Kier alpha value is -3.44. The lowest BCUT2D eigenvalue weighted by molar-refractivity contribution is -0.0814. The number of nitrogens with two attached hydrogens (primary N) is 1. The summed E-state index contributed by atoms with van der Waals surface area (Å²) in [4.78, 5) is 51.4. The molecule has 0 amide bonds. The maximum atomic E-state index is 14.5. The number of hydrogen-bond acceptors (Lipinski definition) is 19. The number of imidazole rings is 1. The third-order valence-corrected chi connectivity index (χ3v) is 11.6. The molecule has 0 bridgehead atoms. The van der Waals surface area contributed by atoms with Crippen molar-refractivity contribution < 1.29 is 57.0 Å². The van der Waals surface area contributed by atoms with Crippen molar-refractivity contribution in [3.05, 3.63) is 45.8 Å². The highest BCUT2D eigenvalue weighted by Gasteiger charge is 2.51. The van der Waals surface area contributed by atoms with E-state index in [1.807, 2.05) is 13.8 Å². The van der Waals surface area contributed by atoms with Crippen molar-refractivity contribution >= 4 is 41.3 Å². The van der Waals surface area contributed by atoms with Crippen molar-refractivity contribution in [2.24, 2.45) is 0 Å². The topological polar surface area (TPSA) is 273 Å². The molecule has 2 aliphatic rings. The molecule has 21 nitrogen and oxygen atoms in total. The van der Waals surface area contributed by atoms with E-state index in [1.54, 1.807) is 4.57 Å². The number of anilines is 1. The van der Waals surface area contributed by atoms with Crippen molar-refractivity contribution in [3.8, 4) is 0 Å². The van der Waals surface area contributed by atoms with Gasteiger partial charge in [-0.1, -0.05) is 13.8 Å². The molecule has 0 aliphatic carbocycles. The normalized spacial score (nSPS) is 25.8. The Balaban J connectivity index is 1.37. The highest BCUT2D eigenvalue weighted by molar-refractivity contribution is 8.55. The summed E-state index contributed by atoms with van der Waals surface area (Å²) in [5.74, 6) is -0.387. The number of aliphatic hydroxyl groups is 2. The molecule has 3 aromatic rings. The van der Waals surface area contributed by atoms with E-state index in [0.717, 1.165) is 10.6 Å². The summed E-state index contributed by atoms with van der Waals surface area (Å²) in [5, 5.41) is 21.2. The Kier molecular flexibility index (Phi) is 13.8. The highest BCUT2D eigenvalue weighted by atomic mass is 32.7. The molecule has 52 heavy (non-hydrogen) atoms. The van der Waals surface area contributed by atoms with Gasteiger partial charge in [0.25, 0.3) is 5.56 Å². The number of nitrogens with one attached hydrogen (secondary N) is 1. The van der Waals surface area contributed by atoms with Gasteiger partial charge in [-0.15, -0.1) is 0 Å². The van der Waals surface area contributed by atoms with Crippen molar-refractivity contribution in [3.63, 3.8) is 0 Å². The number of carbonyl (C=O) groups is 1. The molecule has 0 radical (unpaired) electrons. The average Bonchev–Trinajstić information content (AvgIpc) is 3.82. The predicted octanol–water partition coefficient (Wildman–Crippen LogP) is 1.07. The summed E-state index contributed by atoms with van der Waals surface area (Å²) in [7, 11) is 1.44. The first-order valence-corrected chi connectivity index (χ1v) is 19.5. The fourth-order valence-corrected chi connectivity index (χ4v) is 8.36. The van der Waals surface area contributed by atoms with Crippen LogP contribution in [0.5, 0.6) is 0 Å². The summed E-state index contributed by atoms with van der Waals surface area (Å²) < 4.78 is 62.5. The predicted molar refractivity (Wildman–Crippen MR) is 181 cm³/mol. The molecule has 0 unspecified atom stereocenters. The lowest BCUT2D eigenvalue weighted by atomic mass is 10.1. The van der Waals surface area contributed by atoms with Gasteiger partial charge in [0.05, 0.1) is 38.9 Å². The number of methoxy groups -OCH3 is 1. The van der Waals surface area contributed by atoms with Crippen LogP contribution in [0.25, 0.3) is 11.2 Å². The lowest BCUT2D eigenvalue weighted by Crippen LogP contribution is -2.41. The van der Waals surface area contributed by atoms with Crippen LogP contribution >= 0.6 is 18.2 Å². The maximum absolute atomic E-state index is 14.5. The van der Waals surface area contributed by atoms with E-state index in [0.29, 0.717) is 35.4 Å². The van der Waals surface area contributed by atoms with Crippen molar-refractivity contribution in [1.29, 1.82) is 0 Å². The molecule has 0 saturated carbocycles. The van der Waals surface area contributed by atoms with Gasteiger partial charge in [-0.2, -0.15) is 0 Å². The van der Waals surface area contributed by atoms with E-state index >= 15 is 0 Å². The smallest absolute Gasteiger partial charge is 0.431 e. The van der Waals surface area contributed by atoms with Gasteiger partial charge < -0.3 is 44.4 Å². The van der Waals surface area contributed by atoms with Gasteiger partial charge >= 0.3 is 18.6 Å². The Morgan fingerprint density at radius 1 is 1.15 bits per heavy atom. The van der Waals surface area contributed by atoms with Crippen LogP contribution in [0.3, 0.4) is 0 Å². The second-order valence-corrected chi connectivity index (χ2v) is 15.6. The molecular weight excluding hydrogens is 733 g/mol. The van der Waals surface area contributed by atoms with Crippen LogP contribution in [-0.4, -0.2) is 122 Å². The van der Waals surface area contributed by atoms with E-state index in [-0.39, 0.29) is 31.6 Å². The average molecular weight is 776 g/mol. The molecule has 5 heterocycles. The minimum absolute atomic E-state index is 0.0383. The molecule has 0 spiro atoms. The second-order valence-electron chi connectivity index (χ2n) is 11.6. The molecule has 8 atom stereocenters. The summed E-state index contributed by atoms with van der Waals surface area (Å²) >= 11 is 0.484. The van der Waals surface area contributed by atoms with Gasteiger partial charge in [0.1, 0.15) is 48.6 Å². The number of ether oxygens (including phenoxy) is 6. The fraction of sp³-hybridized carbons (Fsp3) is 0.655. The summed E-state index contributed by atoms with van der Waals surface area (Å²) in [6, 6.07) is 1.09. The number of H-pyrrole nitrogens is 1. The number of aliphatic hydroxyl groups excluding tert-OH is 2. The highest BCUT2D eigenvalue weighted by Crippen LogP contribution is 2.63. The van der Waals surface area contributed by atoms with Crippen LogP contribution < -0.4 is 17.0 Å². The second kappa shape index (κ2) is 18.1. The van der Waals surface area contributed by atoms with Gasteiger partial charge in [-0.25, -0.2) is 29.1 Å². The van der Waals surface area contributed by atoms with E-state index < -0.39 is 86.3 Å². The first-order chi connectivity index (χ1) is 25.0. The standard InChI is InChI=1S/C29H42N7O14PS/c1-4-16(5-2)47-29(41)45-15-52-51(42,46-12-19-17(38)10-21(48-19)36-14-33-22-25(30)31-13-32-26(22)36)50-23-18(11-37)49-27(24(23)44-9-8-43-3)35-7-6-20(39)34-28(35)40/h6-7,13-14,16-19,21,23-24,27,37-38H,4-5,8-12,15H2,1-3H3,(H2,30,31,32)(H,34,39,40)/t17-,18+,19+,21+,23+,24+,27+,51+/m0/s1. The number of nitrogens with zero attached hydrogens (tertiary/aromatic N) is 5. The number of rotatable bonds is 18. The molecule has 288 valence electrons. The van der Waals surface area contributed by atoms with Crippen molar-refractivity contribution in [2.45, 2.75) is 82.2 Å². The molecule has 2 fully saturated rings. The zero-order valence-electron chi connectivity index (χ0n) is 28.5. The zero-order chi connectivity index (χ0) is 37.4. The van der Waals surface area contributed by atoms with Gasteiger partial charge in [0.2, 0.25) is 0 Å². The molecule has 0 aromatic carbocycles. The van der Waals surface area contributed by atoms with Gasteiger partial charge in [-0.3, -0.25) is 28.0 Å². The minimum Gasteiger partial charge on any atom is -0.431 e. The molecule has 3 aromatic heterocycles. The van der Waals surface area contributed by atoms with Gasteiger partial charge in [-0.05, 0) is 12.8 Å². The number of aromatic amines is 1. The molecule has 2 aliphatic heterocycles. The number of carbonyl (C=O) groups excluding carboxylic acids is 1. The fourth-order valence-electron chi connectivity index (χ4n) is 5.57. The number of hydrogen-bond donors (Lipinski definition) is 4.